The van der Waals surface area contributed by atoms with Crippen molar-refractivity contribution in [3.05, 3.63) is 58.9 Å². The molecule has 0 radical (unpaired) electrons. The summed E-state index contributed by atoms with van der Waals surface area (Å²) in [5.74, 6) is 0.584. The van der Waals surface area contributed by atoms with E-state index in [0.717, 1.165) is 5.56 Å². The Morgan fingerprint density at radius 3 is 2.68 bits per heavy atom. The number of carbonyl (C=O) groups is 1. The van der Waals surface area contributed by atoms with E-state index in [0.29, 0.717) is 29.2 Å². The predicted molar refractivity (Wildman–Crippen MR) is 74.9 cm³/mol. The number of nitrogens with zero attached hydrogens (tertiary/aromatic N) is 1. The smallest absolute Gasteiger partial charge is 0.166 e. The molecule has 0 spiro atoms. The molecule has 0 unspecified atom stereocenters. The molecule has 2 rings (SSSR count). The first-order chi connectivity index (χ1) is 9.20. The second-order valence-electron chi connectivity index (χ2n) is 4.12. The molecule has 4 heteroatoms. The highest BCUT2D eigenvalue weighted by Crippen LogP contribution is 2.24. The molecule has 0 aliphatic carbocycles. The minimum absolute atomic E-state index is 0.0242. The van der Waals surface area contributed by atoms with Crippen LogP contribution in [0.15, 0.2) is 42.7 Å². The maximum Gasteiger partial charge on any atom is 0.166 e. The van der Waals surface area contributed by atoms with Crippen molar-refractivity contribution in [2.75, 3.05) is 7.11 Å². The van der Waals surface area contributed by atoms with E-state index in [1.807, 2.05) is 12.1 Å². The Balaban J connectivity index is 2.10. The molecule has 1 aromatic heterocycles. The van der Waals surface area contributed by atoms with Crippen LogP contribution in [0, 0.1) is 0 Å². The monoisotopic (exact) mass is 275 g/mol. The van der Waals surface area contributed by atoms with E-state index >= 15 is 0 Å². The maximum absolute atomic E-state index is 12.2. The number of halogens is 1. The van der Waals surface area contributed by atoms with Gasteiger partial charge in [-0.3, -0.25) is 9.78 Å². The lowest BCUT2D eigenvalue weighted by Gasteiger charge is -2.08. The summed E-state index contributed by atoms with van der Waals surface area (Å²) in [6.45, 7) is 0. The van der Waals surface area contributed by atoms with Crippen molar-refractivity contribution in [2.24, 2.45) is 0 Å². The summed E-state index contributed by atoms with van der Waals surface area (Å²) < 4.78 is 5.18. The van der Waals surface area contributed by atoms with E-state index in [9.17, 15) is 4.79 Å². The summed E-state index contributed by atoms with van der Waals surface area (Å²) >= 11 is 5.92. The molecule has 0 saturated heterocycles. The maximum atomic E-state index is 12.2. The SMILES string of the molecule is COc1ccc(Cl)cc1C(=O)CCc1ccncc1. The molecule has 0 fully saturated rings. The standard InChI is InChI=1S/C15H14ClNO2/c1-19-15-5-3-12(16)10-13(15)14(18)4-2-11-6-8-17-9-7-11/h3,5-10H,2,4H2,1H3. The zero-order valence-electron chi connectivity index (χ0n) is 10.6. The van der Waals surface area contributed by atoms with Crippen LogP contribution in [0.4, 0.5) is 0 Å². The molecule has 1 aromatic carbocycles. The van der Waals surface area contributed by atoms with Gasteiger partial charge in [0.25, 0.3) is 0 Å². The number of carbonyl (C=O) groups excluding carboxylic acids is 1. The Morgan fingerprint density at radius 2 is 2.00 bits per heavy atom. The van der Waals surface area contributed by atoms with Gasteiger partial charge in [-0.25, -0.2) is 0 Å². The first-order valence-corrected chi connectivity index (χ1v) is 6.34. The minimum atomic E-state index is 0.0242. The summed E-state index contributed by atoms with van der Waals surface area (Å²) in [6, 6.07) is 8.88. The largest absolute Gasteiger partial charge is 0.496 e. The van der Waals surface area contributed by atoms with Crippen LogP contribution in [0.25, 0.3) is 0 Å². The molecule has 98 valence electrons. The highest BCUT2D eigenvalue weighted by Gasteiger charge is 2.12. The van der Waals surface area contributed by atoms with Gasteiger partial charge in [0.2, 0.25) is 0 Å². The Morgan fingerprint density at radius 1 is 1.26 bits per heavy atom. The number of aromatic nitrogens is 1. The first kappa shape index (κ1) is 13.6. The van der Waals surface area contributed by atoms with Crippen molar-refractivity contribution >= 4 is 17.4 Å². The van der Waals surface area contributed by atoms with Crippen molar-refractivity contribution in [1.29, 1.82) is 0 Å². The number of pyridine rings is 1. The van der Waals surface area contributed by atoms with Crippen molar-refractivity contribution in [2.45, 2.75) is 12.8 Å². The van der Waals surface area contributed by atoms with Gasteiger partial charge in [0.1, 0.15) is 5.75 Å². The Labute approximate surface area is 117 Å². The average Bonchev–Trinajstić information content (AvgIpc) is 2.46. The molecule has 19 heavy (non-hydrogen) atoms. The first-order valence-electron chi connectivity index (χ1n) is 5.96. The predicted octanol–water partition coefficient (Wildman–Crippen LogP) is 3.56. The highest BCUT2D eigenvalue weighted by atomic mass is 35.5. The van der Waals surface area contributed by atoms with Crippen LogP contribution in [0.1, 0.15) is 22.3 Å². The van der Waals surface area contributed by atoms with Crippen molar-refractivity contribution in [3.8, 4) is 5.75 Å². The summed E-state index contributed by atoms with van der Waals surface area (Å²) in [5.41, 5.74) is 1.62. The lowest BCUT2D eigenvalue weighted by Crippen LogP contribution is -2.04. The Kier molecular flexibility index (Phi) is 4.53. The second kappa shape index (κ2) is 6.34. The number of ether oxygens (including phenoxy) is 1. The van der Waals surface area contributed by atoms with Crippen LogP contribution in [0.2, 0.25) is 5.02 Å². The summed E-state index contributed by atoms with van der Waals surface area (Å²) in [7, 11) is 1.54. The summed E-state index contributed by atoms with van der Waals surface area (Å²) in [4.78, 5) is 16.1. The Bertz CT molecular complexity index is 570. The fourth-order valence-corrected chi connectivity index (χ4v) is 2.01. The van der Waals surface area contributed by atoms with E-state index in [-0.39, 0.29) is 5.78 Å². The lowest BCUT2D eigenvalue weighted by molar-refractivity contribution is 0.0980. The highest BCUT2D eigenvalue weighted by molar-refractivity contribution is 6.31. The third kappa shape index (κ3) is 3.55. The van der Waals surface area contributed by atoms with Crippen LogP contribution in [0.3, 0.4) is 0 Å². The van der Waals surface area contributed by atoms with Gasteiger partial charge >= 0.3 is 0 Å². The normalized spacial score (nSPS) is 10.2. The van der Waals surface area contributed by atoms with E-state index < -0.39 is 0 Å². The number of methoxy groups -OCH3 is 1. The van der Waals surface area contributed by atoms with E-state index in [1.54, 1.807) is 37.7 Å². The van der Waals surface area contributed by atoms with Crippen LogP contribution in [-0.2, 0) is 6.42 Å². The van der Waals surface area contributed by atoms with Gasteiger partial charge in [-0.2, -0.15) is 0 Å². The van der Waals surface area contributed by atoms with Crippen molar-refractivity contribution in [3.63, 3.8) is 0 Å². The van der Waals surface area contributed by atoms with Crippen LogP contribution >= 0.6 is 11.6 Å². The van der Waals surface area contributed by atoms with Gasteiger partial charge in [0.05, 0.1) is 12.7 Å². The average molecular weight is 276 g/mol. The lowest BCUT2D eigenvalue weighted by atomic mass is 10.0. The molecule has 0 bridgehead atoms. The minimum Gasteiger partial charge on any atom is -0.496 e. The van der Waals surface area contributed by atoms with Crippen LogP contribution < -0.4 is 4.74 Å². The molecule has 0 aliphatic heterocycles. The summed E-state index contributed by atoms with van der Waals surface area (Å²) in [6.07, 6.45) is 4.54. The van der Waals surface area contributed by atoms with Gasteiger partial charge in [0.15, 0.2) is 5.78 Å². The number of benzene rings is 1. The molecule has 0 aliphatic rings. The zero-order chi connectivity index (χ0) is 13.7. The fraction of sp³-hybridized carbons (Fsp3) is 0.200. The number of hydrogen-bond donors (Lipinski definition) is 0. The van der Waals surface area contributed by atoms with Gasteiger partial charge in [-0.05, 0) is 42.3 Å². The van der Waals surface area contributed by atoms with Crippen molar-refractivity contribution < 1.29 is 9.53 Å². The molecule has 0 saturated carbocycles. The Hall–Kier alpha value is -1.87. The molecule has 0 amide bonds. The molecule has 0 atom stereocenters. The van der Waals surface area contributed by atoms with Crippen LogP contribution in [0.5, 0.6) is 5.75 Å². The van der Waals surface area contributed by atoms with Gasteiger partial charge in [-0.15, -0.1) is 0 Å². The van der Waals surface area contributed by atoms with Gasteiger partial charge in [-0.1, -0.05) is 11.6 Å². The number of ketones is 1. The third-order valence-electron chi connectivity index (χ3n) is 2.85. The molecule has 0 N–H and O–H groups in total. The topological polar surface area (TPSA) is 39.2 Å². The number of hydrogen-bond acceptors (Lipinski definition) is 3. The molecule has 1 heterocycles. The van der Waals surface area contributed by atoms with E-state index in [1.165, 1.54) is 0 Å². The molecule has 2 aromatic rings. The van der Waals surface area contributed by atoms with E-state index in [2.05, 4.69) is 4.98 Å². The third-order valence-corrected chi connectivity index (χ3v) is 3.09. The van der Waals surface area contributed by atoms with E-state index in [4.69, 9.17) is 16.3 Å². The number of Topliss-reactive ketones (excluding diaryl/α,β-unsaturated/α-hetero) is 1. The fourth-order valence-electron chi connectivity index (χ4n) is 1.84. The molecular weight excluding hydrogens is 262 g/mol. The van der Waals surface area contributed by atoms with Gasteiger partial charge in [0, 0.05) is 23.8 Å². The van der Waals surface area contributed by atoms with Crippen molar-refractivity contribution in [1.82, 2.24) is 4.98 Å². The zero-order valence-corrected chi connectivity index (χ0v) is 11.4. The molecule has 3 nitrogen and oxygen atoms in total. The van der Waals surface area contributed by atoms with Gasteiger partial charge < -0.3 is 4.74 Å². The van der Waals surface area contributed by atoms with Crippen LogP contribution in [-0.4, -0.2) is 17.9 Å². The second-order valence-corrected chi connectivity index (χ2v) is 4.56. The number of rotatable bonds is 5. The molecular formula is C15H14ClNO2. The summed E-state index contributed by atoms with van der Waals surface area (Å²) in [5, 5.41) is 0.535. The quantitative estimate of drug-likeness (QED) is 0.783. The number of aryl methyl sites for hydroxylation is 1.